The first kappa shape index (κ1) is 76.9. The number of ketones is 1. The van der Waals surface area contributed by atoms with Crippen molar-refractivity contribution >= 4 is 98.3 Å². The Morgan fingerprint density at radius 2 is 0.608 bits per heavy atom. The van der Waals surface area contributed by atoms with Gasteiger partial charge in [-0.15, -0.1) is 0 Å². The largest absolute Gasteiger partial charge is 0.340 e. The zero-order valence-corrected chi connectivity index (χ0v) is 66.5. The van der Waals surface area contributed by atoms with Crippen molar-refractivity contribution in [2.45, 2.75) is 303 Å². The van der Waals surface area contributed by atoms with Gasteiger partial charge in [-0.2, -0.15) is 0 Å². The predicted octanol–water partition coefficient (Wildman–Crippen LogP) is 31.7. The molecule has 2 aromatic heterocycles. The predicted molar refractivity (Wildman–Crippen MR) is 451 cm³/mol. The molecule has 0 N–H and O–H groups in total. The van der Waals surface area contributed by atoms with Crippen LogP contribution in [-0.2, 0) is 18.5 Å². The van der Waals surface area contributed by atoms with E-state index >= 15 is 0 Å². The van der Waals surface area contributed by atoms with E-state index in [2.05, 4.69) is 207 Å². The minimum atomic E-state index is -0.269. The van der Waals surface area contributed by atoms with Crippen LogP contribution >= 0.6 is 31.9 Å². The van der Waals surface area contributed by atoms with Crippen LogP contribution in [0.5, 0.6) is 0 Å². The Bertz CT molecular complexity index is 3990. The molecule has 10 aromatic rings. The minimum absolute atomic E-state index is 0.0454. The number of halogens is 2. The van der Waals surface area contributed by atoms with Crippen LogP contribution < -0.4 is 4.90 Å². The summed E-state index contributed by atoms with van der Waals surface area (Å²) in [6.07, 6.45) is 53.0. The lowest BCUT2D eigenvalue weighted by Crippen LogP contribution is -2.36. The van der Waals surface area contributed by atoms with E-state index < -0.39 is 0 Å². The lowest BCUT2D eigenvalue weighted by molar-refractivity contribution is 0.103. The Balaban J connectivity index is 0.913. The summed E-state index contributed by atoms with van der Waals surface area (Å²) in [6.45, 7) is 11.4. The van der Waals surface area contributed by atoms with Crippen molar-refractivity contribution in [1.82, 2.24) is 9.13 Å². The number of carbonyl (C=O) groups excluding carboxylic acids is 1. The molecule has 0 saturated heterocycles. The van der Waals surface area contributed by atoms with Crippen LogP contribution in [0.1, 0.15) is 312 Å². The number of anilines is 3. The average Bonchev–Trinajstić information content (AvgIpc) is 0.909. The van der Waals surface area contributed by atoms with Gasteiger partial charge >= 0.3 is 0 Å². The van der Waals surface area contributed by atoms with Gasteiger partial charge in [-0.05, 0) is 168 Å². The molecule has 6 heteroatoms. The Hall–Kier alpha value is -6.21. The van der Waals surface area contributed by atoms with Crippen molar-refractivity contribution in [3.8, 4) is 22.3 Å². The van der Waals surface area contributed by atoms with E-state index in [1.807, 2.05) is 30.3 Å². The molecular formula is C96H123Br2N3O. The normalized spacial score (nSPS) is 12.8. The third-order valence-corrected chi connectivity index (χ3v) is 24.1. The minimum Gasteiger partial charge on any atom is -0.340 e. The molecule has 0 aliphatic carbocycles. The molecule has 1 aliphatic heterocycles. The molecular weight excluding hydrogens is 1370 g/mol. The molecule has 0 bridgehead atoms. The Morgan fingerprint density at radius 1 is 0.304 bits per heavy atom. The standard InChI is InChI=1S/C96H123Br2N3O/c1-5-9-13-17-19-21-23-25-27-29-31-33-35-37-44-66-99-89-58-50-76(68-83(89)85-72-80(97)54-62-91(85)99)78-52-60-93-87(70-78)96(64-42-15-11-7-3,65-43-16-12-8-4)88-71-79(53-61-94(88)101(93)82-56-48-75(49-57-82)95(102)74-46-40-39-41-47-74)77-51-59-90-84(69-77)86-73-81(98)55-63-92(86)100(90)67-45-38-36-34-32-30-28-26-24-22-20-18-14-10-6-2/h39-41,46-63,68-73H,5-38,42-45,64-67H2,1-4H3. The number of aromatic nitrogens is 2. The van der Waals surface area contributed by atoms with Crippen LogP contribution in [0.15, 0.2) is 173 Å². The third-order valence-electron chi connectivity index (χ3n) is 23.1. The van der Waals surface area contributed by atoms with E-state index in [9.17, 15) is 4.79 Å². The van der Waals surface area contributed by atoms with Crippen molar-refractivity contribution in [2.75, 3.05) is 4.90 Å². The number of nitrogens with zero attached hydrogens (tertiary/aromatic N) is 3. The average molecular weight is 1490 g/mol. The highest BCUT2D eigenvalue weighted by molar-refractivity contribution is 9.10. The summed E-state index contributed by atoms with van der Waals surface area (Å²) in [6, 6.07) is 61.9. The van der Waals surface area contributed by atoms with Crippen molar-refractivity contribution in [2.24, 2.45) is 0 Å². The van der Waals surface area contributed by atoms with Crippen LogP contribution in [0.2, 0.25) is 0 Å². The van der Waals surface area contributed by atoms with Gasteiger partial charge in [-0.3, -0.25) is 4.79 Å². The van der Waals surface area contributed by atoms with E-state index in [0.29, 0.717) is 11.1 Å². The molecule has 11 rings (SSSR count). The number of rotatable bonds is 47. The molecule has 3 heterocycles. The zero-order valence-electron chi connectivity index (χ0n) is 63.3. The van der Waals surface area contributed by atoms with Gasteiger partial charge in [-0.1, -0.05) is 345 Å². The number of carbonyl (C=O) groups is 1. The SMILES string of the molecule is CCCCCCCCCCCCCCCCCn1c2ccc(Br)cc2c2cc(-c3ccc4c(c3)C(CCCCCC)(CCCCCC)c3cc(-c5ccc6c(c5)c5cc(Br)ccc5n6CCCCCCCCCCCCCCCCC)ccc3N4c3ccc(C(=O)c4ccccc4)cc3)ccc21. The first-order valence-electron chi connectivity index (χ1n) is 41.5. The maximum absolute atomic E-state index is 14.1. The first-order chi connectivity index (χ1) is 50.2. The van der Waals surface area contributed by atoms with E-state index in [1.165, 1.54) is 320 Å². The van der Waals surface area contributed by atoms with Crippen LogP contribution in [-0.4, -0.2) is 14.9 Å². The number of unbranched alkanes of at least 4 members (excludes halogenated alkanes) is 34. The summed E-state index contributed by atoms with van der Waals surface area (Å²) in [4.78, 5) is 16.6. The van der Waals surface area contributed by atoms with E-state index in [0.717, 1.165) is 53.4 Å². The first-order valence-corrected chi connectivity index (χ1v) is 43.1. The summed E-state index contributed by atoms with van der Waals surface area (Å²) in [5.74, 6) is 0.0454. The second-order valence-corrected chi connectivity index (χ2v) is 32.6. The number of benzene rings is 8. The summed E-state index contributed by atoms with van der Waals surface area (Å²) in [7, 11) is 0. The van der Waals surface area contributed by atoms with Gasteiger partial charge in [0.05, 0.1) is 11.4 Å². The fourth-order valence-corrected chi connectivity index (χ4v) is 18.0. The molecule has 102 heavy (non-hydrogen) atoms. The molecule has 4 nitrogen and oxygen atoms in total. The molecule has 0 atom stereocenters. The van der Waals surface area contributed by atoms with Crippen LogP contribution in [0.4, 0.5) is 17.1 Å². The maximum atomic E-state index is 14.1. The summed E-state index contributed by atoms with van der Waals surface area (Å²) in [5.41, 5.74) is 17.9. The molecule has 0 saturated carbocycles. The lowest BCUT2D eigenvalue weighted by Gasteiger charge is -2.47. The van der Waals surface area contributed by atoms with Gasteiger partial charge < -0.3 is 14.0 Å². The number of fused-ring (bicyclic) bond motifs is 8. The van der Waals surface area contributed by atoms with Gasteiger partial charge in [0.2, 0.25) is 0 Å². The molecule has 0 radical (unpaired) electrons. The van der Waals surface area contributed by atoms with Crippen molar-refractivity contribution in [3.05, 3.63) is 195 Å². The molecule has 0 fully saturated rings. The summed E-state index contributed by atoms with van der Waals surface area (Å²) < 4.78 is 7.49. The van der Waals surface area contributed by atoms with Crippen LogP contribution in [0.3, 0.4) is 0 Å². The third kappa shape index (κ3) is 19.8. The quantitative estimate of drug-likeness (QED) is 0.0281. The number of hydrogen-bond donors (Lipinski definition) is 0. The van der Waals surface area contributed by atoms with E-state index in [-0.39, 0.29) is 11.2 Å². The fraction of sp³-hybridized carbons (Fsp3) is 0.490. The molecule has 8 aromatic carbocycles. The highest BCUT2D eigenvalue weighted by Gasteiger charge is 2.44. The van der Waals surface area contributed by atoms with Crippen molar-refractivity contribution in [1.29, 1.82) is 0 Å². The van der Waals surface area contributed by atoms with Crippen molar-refractivity contribution < 1.29 is 4.79 Å². The molecule has 542 valence electrons. The monoisotopic (exact) mass is 1490 g/mol. The van der Waals surface area contributed by atoms with Gasteiger partial charge in [0.1, 0.15) is 0 Å². The lowest BCUT2D eigenvalue weighted by atomic mass is 9.64. The smallest absolute Gasteiger partial charge is 0.193 e. The highest BCUT2D eigenvalue weighted by atomic mass is 79.9. The molecule has 1 aliphatic rings. The van der Waals surface area contributed by atoms with Gasteiger partial charge in [0, 0.05) is 87.9 Å². The molecule has 0 amide bonds. The topological polar surface area (TPSA) is 30.2 Å². The summed E-state index contributed by atoms with van der Waals surface area (Å²) >= 11 is 7.85. The van der Waals surface area contributed by atoms with Gasteiger partial charge in [0.15, 0.2) is 5.78 Å². The van der Waals surface area contributed by atoms with Gasteiger partial charge in [-0.25, -0.2) is 0 Å². The second-order valence-electron chi connectivity index (χ2n) is 30.7. The Labute approximate surface area is 632 Å². The highest BCUT2D eigenvalue weighted by Crippen LogP contribution is 2.58. The van der Waals surface area contributed by atoms with E-state index in [4.69, 9.17) is 0 Å². The number of hydrogen-bond acceptors (Lipinski definition) is 2. The van der Waals surface area contributed by atoms with E-state index in [1.54, 1.807) is 0 Å². The van der Waals surface area contributed by atoms with Crippen molar-refractivity contribution in [3.63, 3.8) is 0 Å². The molecule has 0 unspecified atom stereocenters. The summed E-state index contributed by atoms with van der Waals surface area (Å²) in [5, 5.41) is 5.29. The van der Waals surface area contributed by atoms with Crippen LogP contribution in [0.25, 0.3) is 65.9 Å². The number of aryl methyl sites for hydroxylation is 2. The molecule has 0 spiro atoms. The van der Waals surface area contributed by atoms with Crippen LogP contribution in [0, 0.1) is 0 Å². The fourth-order valence-electron chi connectivity index (χ4n) is 17.3. The zero-order chi connectivity index (χ0) is 70.7. The van der Waals surface area contributed by atoms with Gasteiger partial charge in [0.25, 0.3) is 0 Å². The Kier molecular flexibility index (Phi) is 30.4. The second kappa shape index (κ2) is 40.3. The maximum Gasteiger partial charge on any atom is 0.193 e. The Morgan fingerprint density at radius 3 is 0.980 bits per heavy atom.